The lowest BCUT2D eigenvalue weighted by Crippen LogP contribution is -2.32. The van der Waals surface area contributed by atoms with Crippen LogP contribution in [0.4, 0.5) is 0 Å². The highest BCUT2D eigenvalue weighted by atomic mass is 32.2. The highest BCUT2D eigenvalue weighted by Crippen LogP contribution is 2.20. The van der Waals surface area contributed by atoms with Crippen molar-refractivity contribution in [2.45, 2.75) is 76.4 Å². The number of nitrogens with one attached hydrogen (secondary N) is 1. The van der Waals surface area contributed by atoms with Crippen LogP contribution in [0.25, 0.3) is 0 Å². The summed E-state index contributed by atoms with van der Waals surface area (Å²) >= 11 is 2.18. The number of thioether (sulfide) groups is 1. The summed E-state index contributed by atoms with van der Waals surface area (Å²) in [5.41, 5.74) is 0. The molecule has 1 aliphatic rings. The van der Waals surface area contributed by atoms with Gasteiger partial charge in [-0.1, -0.05) is 64.7 Å². The number of hydrogen-bond donors (Lipinski definition) is 1. The molecule has 1 fully saturated rings. The fourth-order valence-corrected chi connectivity index (χ4v) is 3.65. The minimum Gasteiger partial charge on any atom is -0.315 e. The predicted octanol–water partition coefficient (Wildman–Crippen LogP) is 4.61. The minimum absolute atomic E-state index is 0.910. The first-order valence-corrected chi connectivity index (χ1v) is 8.80. The van der Waals surface area contributed by atoms with Crippen molar-refractivity contribution in [3.05, 3.63) is 0 Å². The normalized spacial score (nSPS) is 20.6. The van der Waals surface area contributed by atoms with Crippen LogP contribution in [0.5, 0.6) is 0 Å². The summed E-state index contributed by atoms with van der Waals surface area (Å²) in [6.45, 7) is 4.76. The van der Waals surface area contributed by atoms with Crippen molar-refractivity contribution in [1.29, 1.82) is 0 Å². The lowest BCUT2D eigenvalue weighted by Gasteiger charge is -2.22. The Morgan fingerprint density at radius 3 is 2.18 bits per heavy atom. The molecule has 0 spiro atoms. The van der Waals surface area contributed by atoms with Crippen LogP contribution in [-0.2, 0) is 0 Å². The second kappa shape index (κ2) is 11.4. The second-order valence-electron chi connectivity index (χ2n) is 5.31. The molecule has 0 amide bonds. The number of rotatable bonds is 10. The molecule has 2 heteroatoms. The monoisotopic (exact) mass is 257 g/mol. The lowest BCUT2D eigenvalue weighted by molar-refractivity contribution is 0.543. The van der Waals surface area contributed by atoms with Gasteiger partial charge in [0.15, 0.2) is 0 Å². The van der Waals surface area contributed by atoms with E-state index >= 15 is 0 Å². The van der Waals surface area contributed by atoms with Gasteiger partial charge < -0.3 is 5.32 Å². The first-order chi connectivity index (χ1) is 8.43. The Balaban J connectivity index is 1.75. The molecule has 1 aliphatic heterocycles. The third-order valence-corrected chi connectivity index (χ3v) is 4.95. The highest BCUT2D eigenvalue weighted by Gasteiger charge is 2.12. The van der Waals surface area contributed by atoms with Crippen LogP contribution in [0.15, 0.2) is 0 Å². The van der Waals surface area contributed by atoms with Crippen molar-refractivity contribution >= 4 is 11.8 Å². The van der Waals surface area contributed by atoms with Crippen LogP contribution in [-0.4, -0.2) is 24.1 Å². The van der Waals surface area contributed by atoms with E-state index in [-0.39, 0.29) is 0 Å². The van der Waals surface area contributed by atoms with E-state index in [1.165, 1.54) is 83.1 Å². The van der Waals surface area contributed by atoms with Crippen LogP contribution in [0.2, 0.25) is 0 Å². The van der Waals surface area contributed by atoms with Crippen molar-refractivity contribution in [1.82, 2.24) is 5.32 Å². The van der Waals surface area contributed by atoms with Crippen LogP contribution in [0.3, 0.4) is 0 Å². The maximum atomic E-state index is 3.49. The summed E-state index contributed by atoms with van der Waals surface area (Å²) in [4.78, 5) is 0. The molecule has 1 unspecified atom stereocenters. The molecule has 1 N–H and O–H groups in total. The van der Waals surface area contributed by atoms with E-state index in [1.54, 1.807) is 0 Å². The lowest BCUT2D eigenvalue weighted by atomic mass is 10.1. The molecule has 1 atom stereocenters. The molecule has 102 valence electrons. The third-order valence-electron chi connectivity index (χ3n) is 3.63. The van der Waals surface area contributed by atoms with Gasteiger partial charge in [-0.2, -0.15) is 11.8 Å². The van der Waals surface area contributed by atoms with Crippen LogP contribution in [0, 0.1) is 0 Å². The average Bonchev–Trinajstić information content (AvgIpc) is 2.38. The van der Waals surface area contributed by atoms with E-state index in [2.05, 4.69) is 24.0 Å². The van der Waals surface area contributed by atoms with E-state index in [0.29, 0.717) is 0 Å². The summed E-state index contributed by atoms with van der Waals surface area (Å²) in [5, 5.41) is 4.41. The van der Waals surface area contributed by atoms with Crippen molar-refractivity contribution in [3.63, 3.8) is 0 Å². The SMILES string of the molecule is CCCCCCCCCCCC1CNCCS1. The Kier molecular flexibility index (Phi) is 10.3. The average molecular weight is 257 g/mol. The highest BCUT2D eigenvalue weighted by molar-refractivity contribution is 8.00. The Morgan fingerprint density at radius 2 is 1.59 bits per heavy atom. The van der Waals surface area contributed by atoms with Crippen LogP contribution < -0.4 is 5.32 Å². The van der Waals surface area contributed by atoms with Gasteiger partial charge in [0.05, 0.1) is 0 Å². The first-order valence-electron chi connectivity index (χ1n) is 7.76. The summed E-state index contributed by atoms with van der Waals surface area (Å²) in [6.07, 6.45) is 14.5. The number of unbranched alkanes of at least 4 members (excludes halogenated alkanes) is 8. The third kappa shape index (κ3) is 8.96. The Morgan fingerprint density at radius 1 is 0.941 bits per heavy atom. The molecule has 1 heterocycles. The molecule has 0 aromatic rings. The summed E-state index contributed by atoms with van der Waals surface area (Å²) in [5.74, 6) is 1.32. The van der Waals surface area contributed by atoms with Crippen molar-refractivity contribution in [2.24, 2.45) is 0 Å². The van der Waals surface area contributed by atoms with E-state index < -0.39 is 0 Å². The van der Waals surface area contributed by atoms with Gasteiger partial charge in [0.2, 0.25) is 0 Å². The van der Waals surface area contributed by atoms with Gasteiger partial charge in [0.25, 0.3) is 0 Å². The molecule has 0 aliphatic carbocycles. The minimum atomic E-state index is 0.910. The molecule has 0 saturated carbocycles. The predicted molar refractivity (Wildman–Crippen MR) is 81.0 cm³/mol. The van der Waals surface area contributed by atoms with E-state index in [1.807, 2.05) is 0 Å². The molecule has 1 nitrogen and oxygen atoms in total. The molecule has 0 aromatic heterocycles. The summed E-state index contributed by atoms with van der Waals surface area (Å²) < 4.78 is 0. The van der Waals surface area contributed by atoms with Crippen LogP contribution in [0.1, 0.15) is 71.1 Å². The fraction of sp³-hybridized carbons (Fsp3) is 1.00. The quantitative estimate of drug-likeness (QED) is 0.573. The second-order valence-corrected chi connectivity index (χ2v) is 6.72. The Hall–Kier alpha value is 0.310. The molecule has 1 rings (SSSR count). The van der Waals surface area contributed by atoms with Crippen molar-refractivity contribution in [3.8, 4) is 0 Å². The zero-order valence-corrected chi connectivity index (χ0v) is 12.5. The first kappa shape index (κ1) is 15.4. The summed E-state index contributed by atoms with van der Waals surface area (Å²) in [6, 6.07) is 0. The Bertz CT molecular complexity index is 155. The van der Waals surface area contributed by atoms with E-state index in [9.17, 15) is 0 Å². The van der Waals surface area contributed by atoms with E-state index in [4.69, 9.17) is 0 Å². The molecule has 0 bridgehead atoms. The maximum absolute atomic E-state index is 3.49. The van der Waals surface area contributed by atoms with Crippen LogP contribution >= 0.6 is 11.8 Å². The van der Waals surface area contributed by atoms with Gasteiger partial charge in [-0.25, -0.2) is 0 Å². The molecule has 0 aromatic carbocycles. The molecular formula is C15H31NS. The zero-order valence-electron chi connectivity index (χ0n) is 11.7. The Labute approximate surface area is 113 Å². The molecular weight excluding hydrogens is 226 g/mol. The maximum Gasteiger partial charge on any atom is 0.0172 e. The van der Waals surface area contributed by atoms with Gasteiger partial charge in [-0.05, 0) is 6.42 Å². The molecule has 1 saturated heterocycles. The smallest absolute Gasteiger partial charge is 0.0172 e. The zero-order chi connectivity index (χ0) is 12.2. The van der Waals surface area contributed by atoms with Gasteiger partial charge >= 0.3 is 0 Å². The van der Waals surface area contributed by atoms with Gasteiger partial charge in [-0.15, -0.1) is 0 Å². The number of hydrogen-bond acceptors (Lipinski definition) is 2. The van der Waals surface area contributed by atoms with E-state index in [0.717, 1.165) is 5.25 Å². The molecule has 0 radical (unpaired) electrons. The van der Waals surface area contributed by atoms with Gasteiger partial charge in [-0.3, -0.25) is 0 Å². The van der Waals surface area contributed by atoms with Gasteiger partial charge in [0, 0.05) is 24.1 Å². The molecule has 17 heavy (non-hydrogen) atoms. The fourth-order valence-electron chi connectivity index (χ4n) is 2.49. The topological polar surface area (TPSA) is 12.0 Å². The van der Waals surface area contributed by atoms with Crippen molar-refractivity contribution in [2.75, 3.05) is 18.8 Å². The van der Waals surface area contributed by atoms with Crippen molar-refractivity contribution < 1.29 is 0 Å². The standard InChI is InChI=1S/C15H31NS/c1-2-3-4-5-6-7-8-9-10-11-15-14-16-12-13-17-15/h15-16H,2-14H2,1H3. The summed E-state index contributed by atoms with van der Waals surface area (Å²) in [7, 11) is 0. The largest absolute Gasteiger partial charge is 0.315 e. The van der Waals surface area contributed by atoms with Gasteiger partial charge in [0.1, 0.15) is 0 Å².